The number of anilines is 1. The number of aliphatic hydroxyl groups is 2. The molecule has 14 heteroatoms. The Labute approximate surface area is 223 Å². The molecule has 0 aliphatic carbocycles. The van der Waals surface area contributed by atoms with Gasteiger partial charge in [0.25, 0.3) is 0 Å². The van der Waals surface area contributed by atoms with E-state index in [0.29, 0.717) is 30.2 Å². The number of alkyl carbamates (subject to hydrolysis) is 1. The minimum Gasteiger partial charge on any atom is -0.445 e. The van der Waals surface area contributed by atoms with E-state index in [1.54, 1.807) is 24.3 Å². The van der Waals surface area contributed by atoms with Crippen molar-refractivity contribution < 1.29 is 38.5 Å². The average molecular weight is 550 g/mol. The van der Waals surface area contributed by atoms with Crippen molar-refractivity contribution in [1.82, 2.24) is 20.2 Å². The van der Waals surface area contributed by atoms with Crippen LogP contribution in [-0.4, -0.2) is 68.6 Å². The van der Waals surface area contributed by atoms with Crippen LogP contribution in [0.25, 0.3) is 0 Å². The lowest BCUT2D eigenvalue weighted by Gasteiger charge is -2.20. The van der Waals surface area contributed by atoms with Gasteiger partial charge in [-0.05, 0) is 31.7 Å². The maximum Gasteiger partial charge on any atom is 0.408 e. The summed E-state index contributed by atoms with van der Waals surface area (Å²) in [5, 5.41) is 27.2. The van der Waals surface area contributed by atoms with Crippen molar-refractivity contribution in [2.75, 3.05) is 11.9 Å². The number of benzene rings is 1. The lowest BCUT2D eigenvalue weighted by atomic mass is 10.1. The number of nitrogens with zero attached hydrogens (tertiary/aromatic N) is 2. The van der Waals surface area contributed by atoms with E-state index in [-0.39, 0.29) is 18.9 Å². The molecule has 2 unspecified atom stereocenters. The van der Waals surface area contributed by atoms with E-state index < -0.39 is 59.9 Å². The minimum atomic E-state index is -1.49. The highest BCUT2D eigenvalue weighted by atomic mass is 19.1. The summed E-state index contributed by atoms with van der Waals surface area (Å²) < 4.78 is 26.0. The number of hydrogen-bond acceptors (Lipinski definition) is 9. The minimum absolute atomic E-state index is 0.0413. The summed E-state index contributed by atoms with van der Waals surface area (Å²) in [5.74, 6) is -2.85. The number of carbonyl (C=O) groups is 3. The van der Waals surface area contributed by atoms with Crippen LogP contribution >= 0.6 is 0 Å². The van der Waals surface area contributed by atoms with Crippen LogP contribution in [0.1, 0.15) is 44.9 Å². The van der Waals surface area contributed by atoms with E-state index >= 15 is 0 Å². The molecule has 212 valence electrons. The van der Waals surface area contributed by atoms with Gasteiger partial charge in [0.15, 0.2) is 17.9 Å². The average Bonchev–Trinajstić information content (AvgIpc) is 3.15. The largest absolute Gasteiger partial charge is 0.445 e. The topological polar surface area (TPSA) is 181 Å². The number of aliphatic hydroxyl groups excluding tert-OH is 2. The summed E-state index contributed by atoms with van der Waals surface area (Å²) in [7, 11) is 0. The van der Waals surface area contributed by atoms with Crippen molar-refractivity contribution in [3.63, 3.8) is 0 Å². The van der Waals surface area contributed by atoms with Gasteiger partial charge in [0.1, 0.15) is 24.9 Å². The molecule has 3 rings (SSSR count). The Kier molecular flexibility index (Phi) is 10.5. The van der Waals surface area contributed by atoms with E-state index in [4.69, 9.17) is 9.47 Å². The molecule has 1 aromatic heterocycles. The summed E-state index contributed by atoms with van der Waals surface area (Å²) in [6.45, 7) is 3.17. The molecule has 0 saturated carbocycles. The second-order valence-corrected chi connectivity index (χ2v) is 9.07. The lowest BCUT2D eigenvalue weighted by Crippen LogP contribution is -2.44. The van der Waals surface area contributed by atoms with Crippen molar-refractivity contribution in [3.8, 4) is 0 Å². The van der Waals surface area contributed by atoms with Gasteiger partial charge in [-0.15, -0.1) is 0 Å². The summed E-state index contributed by atoms with van der Waals surface area (Å²) in [4.78, 5) is 52.5. The first-order chi connectivity index (χ1) is 18.6. The number of amides is 3. The van der Waals surface area contributed by atoms with Crippen LogP contribution in [0, 0.1) is 5.82 Å². The van der Waals surface area contributed by atoms with Crippen molar-refractivity contribution in [2.45, 2.75) is 70.3 Å². The third-order valence-electron chi connectivity index (χ3n) is 6.01. The molecule has 1 aromatic carbocycles. The first-order valence-corrected chi connectivity index (χ1v) is 12.4. The Bertz CT molecular complexity index is 1210. The van der Waals surface area contributed by atoms with Gasteiger partial charge in [-0.2, -0.15) is 4.98 Å². The first-order valence-electron chi connectivity index (χ1n) is 12.4. The maximum atomic E-state index is 14.8. The van der Waals surface area contributed by atoms with Crippen LogP contribution in [0.3, 0.4) is 0 Å². The van der Waals surface area contributed by atoms with Gasteiger partial charge < -0.3 is 35.6 Å². The van der Waals surface area contributed by atoms with Gasteiger partial charge in [-0.3, -0.25) is 14.2 Å². The molecule has 5 N–H and O–H groups in total. The molecule has 2 aromatic rings. The third kappa shape index (κ3) is 8.30. The van der Waals surface area contributed by atoms with Gasteiger partial charge in [-0.25, -0.2) is 14.0 Å². The predicted molar refractivity (Wildman–Crippen MR) is 135 cm³/mol. The van der Waals surface area contributed by atoms with Gasteiger partial charge in [0.2, 0.25) is 11.8 Å². The van der Waals surface area contributed by atoms with Crippen LogP contribution in [-0.2, 0) is 25.7 Å². The predicted octanol–water partition coefficient (Wildman–Crippen LogP) is 0.561. The van der Waals surface area contributed by atoms with Crippen LogP contribution in [0.4, 0.5) is 15.0 Å². The molecule has 2 heterocycles. The number of aromatic nitrogens is 2. The number of hydrogen-bond donors (Lipinski definition) is 5. The Morgan fingerprint density at radius 3 is 2.54 bits per heavy atom. The van der Waals surface area contributed by atoms with Crippen molar-refractivity contribution in [1.29, 1.82) is 0 Å². The second kappa shape index (κ2) is 13.8. The van der Waals surface area contributed by atoms with Crippen molar-refractivity contribution in [3.05, 3.63) is 58.4 Å². The molecule has 13 nitrogen and oxygen atoms in total. The molecule has 1 aliphatic heterocycles. The smallest absolute Gasteiger partial charge is 0.408 e. The van der Waals surface area contributed by atoms with E-state index in [9.17, 15) is 33.8 Å². The van der Waals surface area contributed by atoms with Gasteiger partial charge in [0, 0.05) is 13.5 Å². The van der Waals surface area contributed by atoms with E-state index in [0.717, 1.165) is 5.56 Å². The zero-order chi connectivity index (χ0) is 28.5. The highest BCUT2D eigenvalue weighted by Crippen LogP contribution is 2.28. The molecule has 0 bridgehead atoms. The number of unbranched alkanes of at least 4 members (excludes halogenated alkanes) is 1. The quantitative estimate of drug-likeness (QED) is 0.250. The Morgan fingerprint density at radius 1 is 1.18 bits per heavy atom. The summed E-state index contributed by atoms with van der Waals surface area (Å²) in [6, 6.07) is 7.70. The van der Waals surface area contributed by atoms with Crippen molar-refractivity contribution in [2.24, 2.45) is 0 Å². The van der Waals surface area contributed by atoms with Crippen LogP contribution in [0.5, 0.6) is 0 Å². The number of rotatable bonds is 11. The number of ether oxygens (including phenoxy) is 2. The Hall–Kier alpha value is -3.88. The van der Waals surface area contributed by atoms with Crippen LogP contribution in [0.15, 0.2) is 41.3 Å². The molecule has 1 saturated heterocycles. The lowest BCUT2D eigenvalue weighted by molar-refractivity contribution is -0.119. The zero-order valence-corrected chi connectivity index (χ0v) is 21.5. The van der Waals surface area contributed by atoms with Gasteiger partial charge >= 0.3 is 11.8 Å². The molecule has 1 aliphatic rings. The van der Waals surface area contributed by atoms with Crippen molar-refractivity contribution >= 4 is 23.7 Å². The number of carbonyl (C=O) groups excluding carboxylic acids is 3. The van der Waals surface area contributed by atoms with E-state index in [2.05, 4.69) is 20.9 Å². The van der Waals surface area contributed by atoms with Crippen LogP contribution < -0.4 is 21.6 Å². The zero-order valence-electron chi connectivity index (χ0n) is 21.5. The molecule has 0 radical (unpaired) electrons. The van der Waals surface area contributed by atoms with E-state index in [1.165, 1.54) is 13.8 Å². The first kappa shape index (κ1) is 29.7. The summed E-state index contributed by atoms with van der Waals surface area (Å²) in [5.41, 5.74) is -0.312. The van der Waals surface area contributed by atoms with Gasteiger partial charge in [0.05, 0.1) is 12.3 Å². The molecule has 1 fully saturated rings. The Morgan fingerprint density at radius 2 is 1.90 bits per heavy atom. The summed E-state index contributed by atoms with van der Waals surface area (Å²) >= 11 is 0. The number of nitrogens with one attached hydrogen (secondary N) is 3. The number of halogens is 1. The van der Waals surface area contributed by atoms with E-state index in [1.807, 2.05) is 6.07 Å². The molecular formula is C25H32FN5O8. The SMILES string of the molecule is CC(=O)NCCCCC(NC(=O)OCc1ccccc1)C(=O)Nc1nc(=O)n([C@@H]2O[C@H](C)C(O)[C@@H]2O)cc1F. The fourth-order valence-corrected chi connectivity index (χ4v) is 3.89. The molecular weight excluding hydrogens is 517 g/mol. The maximum absolute atomic E-state index is 14.8. The normalized spacial score (nSPS) is 21.2. The highest BCUT2D eigenvalue weighted by molar-refractivity contribution is 5.95. The fraction of sp³-hybridized carbons (Fsp3) is 0.480. The molecule has 39 heavy (non-hydrogen) atoms. The molecule has 3 amide bonds. The van der Waals surface area contributed by atoms with Crippen LogP contribution in [0.2, 0.25) is 0 Å². The monoisotopic (exact) mass is 549 g/mol. The second-order valence-electron chi connectivity index (χ2n) is 9.07. The standard InChI is InChI=1S/C25H32FN5O8/c1-14-19(33)20(34)23(39-14)31-12-17(26)21(30-24(31)36)29-22(35)18(10-6-7-11-27-15(2)32)28-25(37)38-13-16-8-4-3-5-9-16/h3-5,8-9,12,14,18-20,23,33-34H,6-7,10-11,13H2,1-2H3,(H,27,32)(H,28,37)(H,29,30,35,36)/t14-,18?,19?,20+,23-/m1/s1. The third-order valence-corrected chi connectivity index (χ3v) is 6.01. The fourth-order valence-electron chi connectivity index (χ4n) is 3.89. The van der Waals surface area contributed by atoms with Gasteiger partial charge in [-0.1, -0.05) is 30.3 Å². The molecule has 5 atom stereocenters. The molecule has 0 spiro atoms. The highest BCUT2D eigenvalue weighted by Gasteiger charge is 2.42. The summed E-state index contributed by atoms with van der Waals surface area (Å²) in [6.07, 6.45) is -4.12. The Balaban J connectivity index is 1.68.